The molecule has 0 aliphatic heterocycles. The molecule has 0 radical (unpaired) electrons. The zero-order valence-electron chi connectivity index (χ0n) is 46.5. The summed E-state index contributed by atoms with van der Waals surface area (Å²) in [5, 5.41) is 0. The van der Waals surface area contributed by atoms with E-state index < -0.39 is 0 Å². The molecule has 0 saturated heterocycles. The van der Waals surface area contributed by atoms with Crippen molar-refractivity contribution in [2.45, 2.75) is 26.2 Å². The highest BCUT2D eigenvalue weighted by Gasteiger charge is 2.31. The van der Waals surface area contributed by atoms with Crippen molar-refractivity contribution >= 4 is 0 Å². The van der Waals surface area contributed by atoms with Crippen molar-refractivity contribution < 1.29 is 0 Å². The van der Waals surface area contributed by atoms with E-state index in [0.717, 1.165) is 123 Å². The number of hydrogen-bond donors (Lipinski definition) is 0. The molecule has 1 heterocycles. The Bertz CT molecular complexity index is 4190. The molecular weight excluding hydrogens is 987 g/mol. The Hall–Kier alpha value is -10.2. The van der Waals surface area contributed by atoms with Crippen molar-refractivity contribution in [3.63, 3.8) is 0 Å². The van der Waals surface area contributed by atoms with Crippen LogP contribution < -0.4 is 0 Å². The maximum Gasteiger partial charge on any atom is 0.0701 e. The molecule has 1 nitrogen and oxygen atoms in total. The fourth-order valence-electron chi connectivity index (χ4n) is 11.8. The molecule has 13 aromatic rings. The molecule has 0 N–H and O–H groups in total. The summed E-state index contributed by atoms with van der Waals surface area (Å²) in [6.07, 6.45) is 1.85. The maximum absolute atomic E-state index is 4.65. The van der Waals surface area contributed by atoms with Crippen LogP contribution in [0.3, 0.4) is 0 Å². The van der Waals surface area contributed by atoms with E-state index in [-0.39, 0.29) is 5.41 Å². The summed E-state index contributed by atoms with van der Waals surface area (Å²) in [5.74, 6) is 0. The van der Waals surface area contributed by atoms with Gasteiger partial charge in [0.1, 0.15) is 0 Å². The lowest BCUT2D eigenvalue weighted by molar-refractivity contribution is 0.590. The van der Waals surface area contributed by atoms with Gasteiger partial charge in [-0.3, -0.25) is 4.98 Å². The second-order valence-electron chi connectivity index (χ2n) is 22.2. The Morgan fingerprint density at radius 3 is 0.732 bits per heavy atom. The number of rotatable bonds is 12. The van der Waals surface area contributed by atoms with E-state index in [2.05, 4.69) is 323 Å². The first-order chi connectivity index (χ1) is 40.3. The highest BCUT2D eigenvalue weighted by molar-refractivity contribution is 6.16. The van der Waals surface area contributed by atoms with Crippen LogP contribution in [-0.4, -0.2) is 4.98 Å². The minimum Gasteiger partial charge on any atom is -0.256 e. The predicted octanol–water partition coefficient (Wildman–Crippen LogP) is 22.4. The summed E-state index contributed by atoms with van der Waals surface area (Å²) < 4.78 is 0. The third kappa shape index (κ3) is 10.4. The smallest absolute Gasteiger partial charge is 0.0701 e. The van der Waals surface area contributed by atoms with Gasteiger partial charge in [0.15, 0.2) is 0 Å². The van der Waals surface area contributed by atoms with E-state index in [4.69, 9.17) is 0 Å². The molecule has 0 fully saturated rings. The molecule has 0 bridgehead atoms. The van der Waals surface area contributed by atoms with Crippen molar-refractivity contribution in [1.29, 1.82) is 0 Å². The summed E-state index contributed by atoms with van der Waals surface area (Å²) in [4.78, 5) is 4.65. The van der Waals surface area contributed by atoms with Gasteiger partial charge in [-0.25, -0.2) is 0 Å². The van der Waals surface area contributed by atoms with E-state index in [0.29, 0.717) is 0 Å². The zero-order valence-corrected chi connectivity index (χ0v) is 46.5. The lowest BCUT2D eigenvalue weighted by Gasteiger charge is -2.30. The molecular formula is C81H61N. The Balaban J connectivity index is 1.22. The highest BCUT2D eigenvalue weighted by Crippen LogP contribution is 2.57. The standard InChI is InChI=1S/C81H61N/c1-81(2,3)73-47-45-66(46-48-73)78-77(65-43-39-61(40-44-65)60-37-41-62(42-38-60)74-36-22-23-49-82-74)79(71-52-67(56-24-10-4-11-25-56)50-68(53-71)57-26-12-5-13-27-57)75(63-32-18-8-19-33-63)76(64-34-20-9-21-35-64)80(78)72-54-69(58-28-14-6-15-29-58)51-70(55-72)59-30-16-7-17-31-59/h4-55H,1-3H3. The molecule has 1 aromatic heterocycles. The van der Waals surface area contributed by atoms with E-state index in [1.165, 1.54) is 16.7 Å². The second kappa shape index (κ2) is 22.5. The van der Waals surface area contributed by atoms with Crippen LogP contribution in [0.5, 0.6) is 0 Å². The number of pyridine rings is 1. The highest BCUT2D eigenvalue weighted by atomic mass is 14.7. The van der Waals surface area contributed by atoms with Gasteiger partial charge < -0.3 is 0 Å². The summed E-state index contributed by atoms with van der Waals surface area (Å²) in [5.41, 5.74) is 28.5. The lowest BCUT2D eigenvalue weighted by atomic mass is 9.73. The summed E-state index contributed by atoms with van der Waals surface area (Å²) >= 11 is 0. The third-order valence-corrected chi connectivity index (χ3v) is 15.9. The lowest BCUT2D eigenvalue weighted by Crippen LogP contribution is -2.10. The van der Waals surface area contributed by atoms with E-state index in [1.54, 1.807) is 0 Å². The van der Waals surface area contributed by atoms with Crippen LogP contribution >= 0.6 is 0 Å². The topological polar surface area (TPSA) is 12.9 Å². The van der Waals surface area contributed by atoms with Crippen molar-refractivity contribution in [1.82, 2.24) is 4.98 Å². The van der Waals surface area contributed by atoms with Gasteiger partial charge in [0.25, 0.3) is 0 Å². The number of benzene rings is 12. The maximum atomic E-state index is 4.65. The molecule has 0 unspecified atom stereocenters. The van der Waals surface area contributed by atoms with Crippen molar-refractivity contribution in [3.05, 3.63) is 321 Å². The van der Waals surface area contributed by atoms with Crippen LogP contribution in [0.4, 0.5) is 0 Å². The normalized spacial score (nSPS) is 11.4. The van der Waals surface area contributed by atoms with Gasteiger partial charge in [-0.1, -0.05) is 282 Å². The van der Waals surface area contributed by atoms with Gasteiger partial charge in [0.2, 0.25) is 0 Å². The van der Waals surface area contributed by atoms with Gasteiger partial charge in [-0.2, -0.15) is 0 Å². The van der Waals surface area contributed by atoms with Gasteiger partial charge in [0.05, 0.1) is 5.69 Å². The minimum absolute atomic E-state index is 0.0618. The second-order valence-corrected chi connectivity index (χ2v) is 22.2. The molecule has 0 spiro atoms. The first-order valence-corrected chi connectivity index (χ1v) is 28.4. The first-order valence-electron chi connectivity index (χ1n) is 28.4. The van der Waals surface area contributed by atoms with E-state index in [1.807, 2.05) is 18.3 Å². The van der Waals surface area contributed by atoms with Gasteiger partial charge in [-0.05, 0) is 182 Å². The molecule has 0 aliphatic carbocycles. The van der Waals surface area contributed by atoms with Crippen LogP contribution in [0, 0.1) is 0 Å². The Morgan fingerprint density at radius 1 is 0.195 bits per heavy atom. The quantitative estimate of drug-likeness (QED) is 0.119. The molecule has 82 heavy (non-hydrogen) atoms. The van der Waals surface area contributed by atoms with Crippen LogP contribution in [0.1, 0.15) is 26.3 Å². The molecule has 390 valence electrons. The van der Waals surface area contributed by atoms with Crippen LogP contribution in [0.15, 0.2) is 316 Å². The number of hydrogen-bond acceptors (Lipinski definition) is 1. The monoisotopic (exact) mass is 1050 g/mol. The third-order valence-electron chi connectivity index (χ3n) is 15.9. The molecule has 0 aliphatic rings. The fraction of sp³-hybridized carbons (Fsp3) is 0.0494. The molecule has 1 heteroatoms. The molecule has 12 aromatic carbocycles. The van der Waals surface area contributed by atoms with Crippen LogP contribution in [0.25, 0.3) is 134 Å². The Labute approximate surface area is 483 Å². The number of aromatic nitrogens is 1. The first kappa shape index (κ1) is 51.2. The SMILES string of the molecule is CC(C)(C)c1ccc(-c2c(-c3ccc(-c4ccc(-c5ccccn5)cc4)cc3)c(-c3cc(-c4ccccc4)cc(-c4ccccc4)c3)c(-c3ccccc3)c(-c3ccccc3)c2-c2cc(-c3ccccc3)cc(-c3ccccc3)c2)cc1. The average molecular weight is 1050 g/mol. The van der Waals surface area contributed by atoms with Crippen LogP contribution in [0.2, 0.25) is 0 Å². The summed E-state index contributed by atoms with van der Waals surface area (Å²) in [6, 6.07) is 114. The predicted molar refractivity (Wildman–Crippen MR) is 348 cm³/mol. The summed E-state index contributed by atoms with van der Waals surface area (Å²) in [7, 11) is 0. The molecule has 0 atom stereocenters. The largest absolute Gasteiger partial charge is 0.256 e. The van der Waals surface area contributed by atoms with Gasteiger partial charge >= 0.3 is 0 Å². The Kier molecular flexibility index (Phi) is 14.1. The summed E-state index contributed by atoms with van der Waals surface area (Å²) in [6.45, 7) is 6.91. The molecule has 0 saturated carbocycles. The van der Waals surface area contributed by atoms with Crippen molar-refractivity contribution in [2.24, 2.45) is 0 Å². The number of nitrogens with zero attached hydrogens (tertiary/aromatic N) is 1. The van der Waals surface area contributed by atoms with Crippen LogP contribution in [-0.2, 0) is 5.41 Å². The molecule has 0 amide bonds. The average Bonchev–Trinajstić information content (AvgIpc) is 3.71. The van der Waals surface area contributed by atoms with Crippen molar-refractivity contribution in [2.75, 3.05) is 0 Å². The fourth-order valence-corrected chi connectivity index (χ4v) is 11.8. The van der Waals surface area contributed by atoms with E-state index >= 15 is 0 Å². The van der Waals surface area contributed by atoms with Crippen molar-refractivity contribution in [3.8, 4) is 134 Å². The van der Waals surface area contributed by atoms with E-state index in [9.17, 15) is 0 Å². The zero-order chi connectivity index (χ0) is 55.4. The van der Waals surface area contributed by atoms with Gasteiger partial charge in [0, 0.05) is 11.8 Å². The minimum atomic E-state index is -0.0618. The Morgan fingerprint density at radius 2 is 0.427 bits per heavy atom. The van der Waals surface area contributed by atoms with Gasteiger partial charge in [-0.15, -0.1) is 0 Å². The molecule has 13 rings (SSSR count).